The molecule has 0 aromatic carbocycles. The molecule has 1 unspecified atom stereocenters. The zero-order chi connectivity index (χ0) is 18.0. The minimum absolute atomic E-state index is 0.00558. The number of carbonyl (C=O) groups excluding carboxylic acids is 1. The molecule has 2 aromatic rings. The van der Waals surface area contributed by atoms with Gasteiger partial charge in [0.15, 0.2) is 5.13 Å². The summed E-state index contributed by atoms with van der Waals surface area (Å²) in [4.78, 5) is 27.9. The summed E-state index contributed by atoms with van der Waals surface area (Å²) in [5.41, 5.74) is 2.41. The molecule has 1 aliphatic heterocycles. The summed E-state index contributed by atoms with van der Waals surface area (Å²) in [5, 5.41) is 6.04. The molecule has 0 aliphatic carbocycles. The molecule has 0 bridgehead atoms. The van der Waals surface area contributed by atoms with Gasteiger partial charge in [0.2, 0.25) is 5.91 Å². The van der Waals surface area contributed by atoms with Crippen LogP contribution in [0.4, 0.5) is 10.9 Å². The van der Waals surface area contributed by atoms with Gasteiger partial charge in [-0.25, -0.2) is 15.0 Å². The van der Waals surface area contributed by atoms with Gasteiger partial charge in [-0.1, -0.05) is 6.58 Å². The van der Waals surface area contributed by atoms with Crippen LogP contribution in [0.2, 0.25) is 0 Å². The van der Waals surface area contributed by atoms with Gasteiger partial charge in [-0.05, 0) is 40.0 Å². The largest absolute Gasteiger partial charge is 0.330 e. The zero-order valence-corrected chi connectivity index (χ0v) is 15.7. The first-order valence-corrected chi connectivity index (χ1v) is 9.33. The van der Waals surface area contributed by atoms with E-state index in [1.807, 2.05) is 30.2 Å². The van der Waals surface area contributed by atoms with Crippen molar-refractivity contribution in [1.29, 1.82) is 0 Å². The predicted molar refractivity (Wildman–Crippen MR) is 100 cm³/mol. The van der Waals surface area contributed by atoms with Crippen LogP contribution in [-0.2, 0) is 4.79 Å². The van der Waals surface area contributed by atoms with Crippen LogP contribution in [0.5, 0.6) is 0 Å². The molecule has 2 aromatic heterocycles. The Labute approximate surface area is 152 Å². The van der Waals surface area contributed by atoms with E-state index in [4.69, 9.17) is 0 Å². The van der Waals surface area contributed by atoms with Gasteiger partial charge in [-0.3, -0.25) is 4.79 Å². The van der Waals surface area contributed by atoms with Gasteiger partial charge >= 0.3 is 0 Å². The van der Waals surface area contributed by atoms with E-state index in [-0.39, 0.29) is 11.9 Å². The Morgan fingerprint density at radius 3 is 2.80 bits per heavy atom. The molecule has 7 heteroatoms. The molecule has 0 spiro atoms. The molecule has 25 heavy (non-hydrogen) atoms. The minimum atomic E-state index is -0.0294. The van der Waals surface area contributed by atoms with Crippen molar-refractivity contribution < 1.29 is 4.79 Å². The lowest BCUT2D eigenvalue weighted by Crippen LogP contribution is -2.39. The van der Waals surface area contributed by atoms with Gasteiger partial charge in [-0.2, -0.15) is 0 Å². The molecule has 1 amide bonds. The number of hydrogen-bond acceptors (Lipinski definition) is 6. The maximum absolute atomic E-state index is 12.5. The summed E-state index contributed by atoms with van der Waals surface area (Å²) >= 11 is 1.54. The highest BCUT2D eigenvalue weighted by Crippen LogP contribution is 2.32. The van der Waals surface area contributed by atoms with E-state index in [9.17, 15) is 4.79 Å². The first-order valence-electron chi connectivity index (χ1n) is 8.45. The fourth-order valence-electron chi connectivity index (χ4n) is 3.07. The number of aromatic nitrogens is 3. The van der Waals surface area contributed by atoms with E-state index in [1.54, 1.807) is 18.3 Å². The lowest BCUT2D eigenvalue weighted by Gasteiger charge is -2.35. The lowest BCUT2D eigenvalue weighted by atomic mass is 9.98. The Morgan fingerprint density at radius 1 is 1.32 bits per heavy atom. The number of aryl methyl sites for hydroxylation is 2. The second-order valence-corrected chi connectivity index (χ2v) is 7.29. The average Bonchev–Trinajstić information content (AvgIpc) is 2.98. The van der Waals surface area contributed by atoms with Gasteiger partial charge < -0.3 is 10.2 Å². The van der Waals surface area contributed by atoms with Crippen molar-refractivity contribution in [2.45, 2.75) is 46.1 Å². The van der Waals surface area contributed by atoms with Crippen molar-refractivity contribution in [3.8, 4) is 0 Å². The number of nitrogens with one attached hydrogen (secondary N) is 1. The number of nitrogens with zero attached hydrogens (tertiary/aromatic N) is 4. The van der Waals surface area contributed by atoms with Crippen LogP contribution in [0.25, 0.3) is 0 Å². The molecule has 1 atom stereocenters. The Hall–Kier alpha value is -2.28. The van der Waals surface area contributed by atoms with Crippen LogP contribution in [0.15, 0.2) is 23.6 Å². The van der Waals surface area contributed by atoms with E-state index in [0.717, 1.165) is 42.3 Å². The monoisotopic (exact) mass is 357 g/mol. The van der Waals surface area contributed by atoms with Crippen LogP contribution in [0.1, 0.15) is 49.4 Å². The third-order valence-electron chi connectivity index (χ3n) is 4.18. The Morgan fingerprint density at radius 2 is 2.12 bits per heavy atom. The summed E-state index contributed by atoms with van der Waals surface area (Å²) in [6, 6.07) is 1.90. The molecular formula is C18H23N5OS. The normalized spacial score (nSPS) is 17.4. The van der Waals surface area contributed by atoms with E-state index < -0.39 is 0 Å². The number of hydrogen-bond donors (Lipinski definition) is 1. The Bertz CT molecular complexity index is 801. The number of rotatable bonds is 4. The fraction of sp³-hybridized carbons (Fsp3) is 0.444. The molecule has 3 heterocycles. The van der Waals surface area contributed by atoms with Crippen molar-refractivity contribution in [3.05, 3.63) is 40.8 Å². The average molecular weight is 357 g/mol. The first-order chi connectivity index (χ1) is 11.9. The van der Waals surface area contributed by atoms with E-state index >= 15 is 0 Å². The molecular weight excluding hydrogens is 334 g/mol. The van der Waals surface area contributed by atoms with Crippen LogP contribution in [0.3, 0.4) is 0 Å². The summed E-state index contributed by atoms with van der Waals surface area (Å²) in [5.74, 6) is 1.40. The Balaban J connectivity index is 1.89. The third kappa shape index (κ3) is 4.04. The SMILES string of the molecule is C=C(C)C(=O)N1CCCCC1c1cc(Nc2nc(C)cs2)nc(C)n1. The number of amides is 1. The Kier molecular flexibility index (Phi) is 5.13. The van der Waals surface area contributed by atoms with Gasteiger partial charge in [-0.15, -0.1) is 11.3 Å². The predicted octanol–water partition coefficient (Wildman–Crippen LogP) is 3.92. The summed E-state index contributed by atoms with van der Waals surface area (Å²) in [6.45, 7) is 10.1. The molecule has 132 valence electrons. The number of thiazole rings is 1. The van der Waals surface area contributed by atoms with Gasteiger partial charge in [0.25, 0.3) is 0 Å². The highest BCUT2D eigenvalue weighted by molar-refractivity contribution is 7.13. The second kappa shape index (κ2) is 7.31. The van der Waals surface area contributed by atoms with Crippen LogP contribution < -0.4 is 5.32 Å². The molecule has 1 aliphatic rings. The summed E-state index contributed by atoms with van der Waals surface area (Å²) in [6.07, 6.45) is 3.01. The van der Waals surface area contributed by atoms with E-state index in [1.165, 1.54) is 0 Å². The van der Waals surface area contributed by atoms with Crippen molar-refractivity contribution in [2.75, 3.05) is 11.9 Å². The van der Waals surface area contributed by atoms with Crippen LogP contribution >= 0.6 is 11.3 Å². The molecule has 1 saturated heterocycles. The van der Waals surface area contributed by atoms with Crippen molar-refractivity contribution in [1.82, 2.24) is 19.9 Å². The summed E-state index contributed by atoms with van der Waals surface area (Å²) in [7, 11) is 0. The lowest BCUT2D eigenvalue weighted by molar-refractivity contribution is -0.130. The van der Waals surface area contributed by atoms with Gasteiger partial charge in [0, 0.05) is 23.6 Å². The highest BCUT2D eigenvalue weighted by Gasteiger charge is 2.29. The second-order valence-electron chi connectivity index (χ2n) is 6.43. The third-order valence-corrected chi connectivity index (χ3v) is 5.06. The molecule has 0 saturated carbocycles. The van der Waals surface area contributed by atoms with Crippen molar-refractivity contribution in [3.63, 3.8) is 0 Å². The molecule has 3 rings (SSSR count). The zero-order valence-electron chi connectivity index (χ0n) is 14.9. The molecule has 1 fully saturated rings. The maximum Gasteiger partial charge on any atom is 0.249 e. The molecule has 6 nitrogen and oxygen atoms in total. The van der Waals surface area contributed by atoms with Crippen molar-refractivity contribution in [2.24, 2.45) is 0 Å². The van der Waals surface area contributed by atoms with Gasteiger partial charge in [0.05, 0.1) is 17.4 Å². The topological polar surface area (TPSA) is 71.0 Å². The first kappa shape index (κ1) is 17.5. The fourth-order valence-corrected chi connectivity index (χ4v) is 3.77. The maximum atomic E-state index is 12.5. The minimum Gasteiger partial charge on any atom is -0.330 e. The molecule has 1 N–H and O–H groups in total. The van der Waals surface area contributed by atoms with Gasteiger partial charge in [0.1, 0.15) is 11.6 Å². The number of piperidine rings is 1. The van der Waals surface area contributed by atoms with Crippen LogP contribution in [0, 0.1) is 13.8 Å². The summed E-state index contributed by atoms with van der Waals surface area (Å²) < 4.78 is 0. The quantitative estimate of drug-likeness (QED) is 0.840. The highest BCUT2D eigenvalue weighted by atomic mass is 32.1. The van der Waals surface area contributed by atoms with Crippen molar-refractivity contribution >= 4 is 28.2 Å². The smallest absolute Gasteiger partial charge is 0.249 e. The number of anilines is 2. The van der Waals surface area contributed by atoms with Crippen LogP contribution in [-0.4, -0.2) is 32.3 Å². The van der Waals surface area contributed by atoms with E-state index in [0.29, 0.717) is 17.2 Å². The number of carbonyl (C=O) groups is 1. The standard InChI is InChI=1S/C18H23N5OS/c1-11(2)17(24)23-8-6-5-7-15(23)14-9-16(21-13(4)20-14)22-18-19-12(3)10-25-18/h9-10,15H,1,5-8H2,2-4H3,(H,19,20,21,22). The molecule has 0 radical (unpaired) electrons. The van der Waals surface area contributed by atoms with E-state index in [2.05, 4.69) is 26.8 Å². The number of likely N-dealkylation sites (tertiary alicyclic amines) is 1.